The molecule has 1 heterocycles. The molecular formula is C20H33NO5. The molecule has 1 amide bonds. The Morgan fingerprint density at radius 3 is 2.54 bits per heavy atom. The van der Waals surface area contributed by atoms with E-state index in [0.717, 1.165) is 12.0 Å². The normalized spacial score (nSPS) is 21.8. The molecule has 0 aliphatic carbocycles. The molecule has 0 aromatic heterocycles. The van der Waals surface area contributed by atoms with Crippen LogP contribution < -0.4 is 0 Å². The Bertz CT molecular complexity index is 533. The first-order valence-corrected chi connectivity index (χ1v) is 9.07. The number of hydrogen-bond donors (Lipinski definition) is 2. The second kappa shape index (κ2) is 10.4. The molecule has 1 saturated heterocycles. The lowest BCUT2D eigenvalue weighted by Crippen LogP contribution is -2.47. The molecule has 1 rings (SSSR count). The van der Waals surface area contributed by atoms with Gasteiger partial charge in [0.05, 0.1) is 6.61 Å². The number of aliphatic hydroxyl groups is 2. The molecule has 1 aliphatic heterocycles. The van der Waals surface area contributed by atoms with Crippen LogP contribution in [-0.2, 0) is 9.47 Å². The summed E-state index contributed by atoms with van der Waals surface area (Å²) in [5.74, 6) is 0.665. The first kappa shape index (κ1) is 22.3. The summed E-state index contributed by atoms with van der Waals surface area (Å²) < 4.78 is 10.8. The van der Waals surface area contributed by atoms with Crippen LogP contribution in [-0.4, -0.2) is 59.7 Å². The molecule has 6 heteroatoms. The van der Waals surface area contributed by atoms with Gasteiger partial charge in [-0.05, 0) is 52.2 Å². The molecule has 0 aromatic carbocycles. The van der Waals surface area contributed by atoms with Gasteiger partial charge in [-0.15, -0.1) is 0 Å². The summed E-state index contributed by atoms with van der Waals surface area (Å²) in [6.07, 6.45) is 5.88. The van der Waals surface area contributed by atoms with E-state index in [-0.39, 0.29) is 37.7 Å². The third kappa shape index (κ3) is 7.22. The minimum absolute atomic E-state index is 0.0195. The third-order valence-corrected chi connectivity index (χ3v) is 4.20. The van der Waals surface area contributed by atoms with Crippen molar-refractivity contribution in [1.29, 1.82) is 0 Å². The van der Waals surface area contributed by atoms with Gasteiger partial charge >= 0.3 is 6.09 Å². The molecule has 1 fully saturated rings. The number of aliphatic hydroxyl groups excluding tert-OH is 2. The average Bonchev–Trinajstić information content (AvgIpc) is 2.59. The zero-order chi connectivity index (χ0) is 19.7. The number of nitrogens with zero attached hydrogens (tertiary/aromatic N) is 1. The van der Waals surface area contributed by atoms with Crippen LogP contribution in [0.5, 0.6) is 0 Å². The first-order valence-electron chi connectivity index (χ1n) is 9.07. The Morgan fingerprint density at radius 1 is 1.31 bits per heavy atom. The van der Waals surface area contributed by atoms with Crippen LogP contribution in [0.2, 0.25) is 0 Å². The van der Waals surface area contributed by atoms with Crippen molar-refractivity contribution in [2.24, 2.45) is 11.8 Å². The molecule has 26 heavy (non-hydrogen) atoms. The number of ether oxygens (including phenoxy) is 2. The molecule has 2 N–H and O–H groups in total. The van der Waals surface area contributed by atoms with Crippen molar-refractivity contribution in [3.63, 3.8) is 0 Å². The number of piperidine rings is 1. The topological polar surface area (TPSA) is 79.2 Å². The van der Waals surface area contributed by atoms with Crippen molar-refractivity contribution in [2.45, 2.75) is 39.7 Å². The van der Waals surface area contributed by atoms with Crippen LogP contribution in [0.3, 0.4) is 0 Å². The van der Waals surface area contributed by atoms with Crippen LogP contribution in [0.1, 0.15) is 34.1 Å². The number of carbonyl (C=O) groups is 1. The summed E-state index contributed by atoms with van der Waals surface area (Å²) in [5.41, 5.74) is 0.353. The van der Waals surface area contributed by atoms with Crippen molar-refractivity contribution >= 4 is 6.09 Å². The molecule has 148 valence electrons. The van der Waals surface area contributed by atoms with E-state index in [1.54, 1.807) is 4.90 Å². The highest BCUT2D eigenvalue weighted by atomic mass is 16.6. The Kier molecular flexibility index (Phi) is 8.88. The molecule has 0 bridgehead atoms. The summed E-state index contributed by atoms with van der Waals surface area (Å²) in [7, 11) is 0. The number of allylic oxidation sites excluding steroid dienone is 4. The third-order valence-electron chi connectivity index (χ3n) is 4.20. The minimum atomic E-state index is -0.535. The van der Waals surface area contributed by atoms with Gasteiger partial charge in [0.2, 0.25) is 0 Å². The highest BCUT2D eigenvalue weighted by Crippen LogP contribution is 2.30. The van der Waals surface area contributed by atoms with Crippen LogP contribution in [0, 0.1) is 11.8 Å². The fraction of sp³-hybridized carbons (Fsp3) is 0.650. The lowest BCUT2D eigenvalue weighted by molar-refractivity contribution is 0.00746. The SMILES string of the molecule is C=C(/C=C\C(=C/C)OCCO)[C@H]1CCN(C(=O)OC(C)(C)C)C[C@@H]1CO. The maximum atomic E-state index is 12.2. The Hall–Kier alpha value is -1.79. The lowest BCUT2D eigenvalue weighted by atomic mass is 9.81. The lowest BCUT2D eigenvalue weighted by Gasteiger charge is -2.38. The van der Waals surface area contributed by atoms with E-state index in [1.807, 2.05) is 45.9 Å². The number of amides is 1. The average molecular weight is 367 g/mol. The fourth-order valence-corrected chi connectivity index (χ4v) is 2.90. The van der Waals surface area contributed by atoms with Crippen LogP contribution in [0.15, 0.2) is 36.1 Å². The number of hydrogen-bond acceptors (Lipinski definition) is 5. The largest absolute Gasteiger partial charge is 0.492 e. The molecule has 1 aliphatic rings. The molecule has 6 nitrogen and oxygen atoms in total. The van der Waals surface area contributed by atoms with Gasteiger partial charge in [-0.25, -0.2) is 4.79 Å². The first-order chi connectivity index (χ1) is 12.2. The van der Waals surface area contributed by atoms with Crippen molar-refractivity contribution in [3.8, 4) is 0 Å². The van der Waals surface area contributed by atoms with Gasteiger partial charge in [-0.1, -0.05) is 18.2 Å². The highest BCUT2D eigenvalue weighted by molar-refractivity contribution is 5.68. The van der Waals surface area contributed by atoms with Gasteiger partial charge in [0.15, 0.2) is 0 Å². The van der Waals surface area contributed by atoms with E-state index < -0.39 is 5.60 Å². The predicted molar refractivity (Wildman–Crippen MR) is 102 cm³/mol. The van der Waals surface area contributed by atoms with E-state index in [2.05, 4.69) is 6.58 Å². The summed E-state index contributed by atoms with van der Waals surface area (Å²) in [5, 5.41) is 18.6. The highest BCUT2D eigenvalue weighted by Gasteiger charge is 2.33. The van der Waals surface area contributed by atoms with E-state index in [1.165, 1.54) is 0 Å². The zero-order valence-corrected chi connectivity index (χ0v) is 16.4. The second-order valence-corrected chi connectivity index (χ2v) is 7.44. The summed E-state index contributed by atoms with van der Waals surface area (Å²) in [6.45, 7) is 12.7. The molecule has 0 spiro atoms. The van der Waals surface area contributed by atoms with Crippen molar-refractivity contribution < 1.29 is 24.5 Å². The van der Waals surface area contributed by atoms with E-state index in [9.17, 15) is 9.90 Å². The van der Waals surface area contributed by atoms with Crippen LogP contribution in [0.4, 0.5) is 4.79 Å². The van der Waals surface area contributed by atoms with Gasteiger partial charge in [-0.2, -0.15) is 0 Å². The number of likely N-dealkylation sites (tertiary alicyclic amines) is 1. The Balaban J connectivity index is 2.69. The maximum absolute atomic E-state index is 12.2. The summed E-state index contributed by atoms with van der Waals surface area (Å²) in [6, 6.07) is 0. The van der Waals surface area contributed by atoms with Gasteiger partial charge in [0, 0.05) is 25.6 Å². The predicted octanol–water partition coefficient (Wildman–Crippen LogP) is 2.88. The smallest absolute Gasteiger partial charge is 0.410 e. The van der Waals surface area contributed by atoms with Crippen LogP contribution >= 0.6 is 0 Å². The standard InChI is InChI=1S/C20H33NO5/c1-6-17(25-12-11-22)8-7-15(2)18-9-10-21(13-16(18)14-23)19(24)26-20(3,4)5/h6-8,16,18,22-23H,2,9-14H2,1,3-5H3/b8-7-,17-6+/t16-,18-/m1/s1. The zero-order valence-electron chi connectivity index (χ0n) is 16.4. The molecule has 0 saturated carbocycles. The van der Waals surface area contributed by atoms with Gasteiger partial charge in [0.25, 0.3) is 0 Å². The van der Waals surface area contributed by atoms with Crippen molar-refractivity contribution in [1.82, 2.24) is 4.90 Å². The number of carbonyl (C=O) groups excluding carboxylic acids is 1. The second-order valence-electron chi connectivity index (χ2n) is 7.44. The molecular weight excluding hydrogens is 334 g/mol. The monoisotopic (exact) mass is 367 g/mol. The van der Waals surface area contributed by atoms with Crippen molar-refractivity contribution in [2.75, 3.05) is 32.9 Å². The molecule has 0 radical (unpaired) electrons. The molecule has 2 atom stereocenters. The minimum Gasteiger partial charge on any atom is -0.492 e. The van der Waals surface area contributed by atoms with E-state index in [0.29, 0.717) is 18.8 Å². The van der Waals surface area contributed by atoms with Crippen LogP contribution in [0.25, 0.3) is 0 Å². The molecule has 0 aromatic rings. The van der Waals surface area contributed by atoms with E-state index >= 15 is 0 Å². The Labute approximate surface area is 156 Å². The summed E-state index contributed by atoms with van der Waals surface area (Å²) in [4.78, 5) is 13.9. The quantitative estimate of drug-likeness (QED) is 0.534. The van der Waals surface area contributed by atoms with Gasteiger partial charge in [0.1, 0.15) is 18.0 Å². The van der Waals surface area contributed by atoms with E-state index in [4.69, 9.17) is 14.6 Å². The van der Waals surface area contributed by atoms with Crippen molar-refractivity contribution in [3.05, 3.63) is 36.1 Å². The number of rotatable bonds is 7. The van der Waals surface area contributed by atoms with Gasteiger partial charge < -0.3 is 24.6 Å². The summed E-state index contributed by atoms with van der Waals surface area (Å²) >= 11 is 0. The van der Waals surface area contributed by atoms with Gasteiger partial charge in [-0.3, -0.25) is 0 Å². The fourth-order valence-electron chi connectivity index (χ4n) is 2.90. The maximum Gasteiger partial charge on any atom is 0.410 e. The molecule has 0 unspecified atom stereocenters. The Morgan fingerprint density at radius 2 is 2.00 bits per heavy atom.